The van der Waals surface area contributed by atoms with Crippen LogP contribution < -0.4 is 0 Å². The van der Waals surface area contributed by atoms with Crippen molar-refractivity contribution in [1.29, 1.82) is 0 Å². The molecule has 0 aromatic carbocycles. The van der Waals surface area contributed by atoms with Crippen LogP contribution in [-0.2, 0) is 4.79 Å². The van der Waals surface area contributed by atoms with Gasteiger partial charge in [-0.05, 0) is 25.7 Å². The quantitative estimate of drug-likeness (QED) is 0.597. The third kappa shape index (κ3) is 1.33. The molecule has 0 aromatic rings. The van der Waals surface area contributed by atoms with Crippen LogP contribution in [-0.4, -0.2) is 5.78 Å². The van der Waals surface area contributed by atoms with E-state index in [1.165, 1.54) is 12.8 Å². The first-order valence-corrected chi connectivity index (χ1v) is 4.62. The monoisotopic (exact) mass is 154 g/mol. The van der Waals surface area contributed by atoms with Crippen LogP contribution in [0, 0.1) is 11.3 Å². The zero-order chi connectivity index (χ0) is 8.48. The van der Waals surface area contributed by atoms with Gasteiger partial charge in [-0.2, -0.15) is 0 Å². The van der Waals surface area contributed by atoms with Gasteiger partial charge < -0.3 is 0 Å². The Morgan fingerprint density at radius 2 is 2.27 bits per heavy atom. The van der Waals surface area contributed by atoms with Crippen LogP contribution in [0.5, 0.6) is 0 Å². The number of rotatable bonds is 2. The molecule has 1 rings (SSSR count). The third-order valence-electron chi connectivity index (χ3n) is 3.45. The predicted octanol–water partition coefficient (Wildman–Crippen LogP) is 2.79. The van der Waals surface area contributed by atoms with Crippen molar-refractivity contribution in [2.45, 2.75) is 46.5 Å². The van der Waals surface area contributed by atoms with Gasteiger partial charge >= 0.3 is 0 Å². The Bertz CT molecular complexity index is 162. The van der Waals surface area contributed by atoms with E-state index in [9.17, 15) is 4.79 Å². The van der Waals surface area contributed by atoms with Crippen LogP contribution in [0.1, 0.15) is 46.5 Å². The highest BCUT2D eigenvalue weighted by molar-refractivity contribution is 5.82. The van der Waals surface area contributed by atoms with E-state index in [1.807, 2.05) is 0 Å². The Kier molecular flexibility index (Phi) is 2.36. The van der Waals surface area contributed by atoms with Crippen molar-refractivity contribution < 1.29 is 4.79 Å². The van der Waals surface area contributed by atoms with E-state index in [0.717, 1.165) is 12.8 Å². The molecule has 0 spiro atoms. The van der Waals surface area contributed by atoms with Crippen LogP contribution in [0.25, 0.3) is 0 Å². The van der Waals surface area contributed by atoms with E-state index < -0.39 is 0 Å². The fourth-order valence-electron chi connectivity index (χ4n) is 2.36. The van der Waals surface area contributed by atoms with E-state index >= 15 is 0 Å². The van der Waals surface area contributed by atoms with Gasteiger partial charge in [0.05, 0.1) is 0 Å². The minimum absolute atomic E-state index is 0.0226. The Morgan fingerprint density at radius 3 is 2.64 bits per heavy atom. The summed E-state index contributed by atoms with van der Waals surface area (Å²) in [4.78, 5) is 11.3. The Hall–Kier alpha value is -0.330. The SMILES string of the molecule is CC[C@@H]1CCC[C@]1(C)C(C)=O. The van der Waals surface area contributed by atoms with Crippen molar-refractivity contribution in [3.05, 3.63) is 0 Å². The minimum Gasteiger partial charge on any atom is -0.299 e. The van der Waals surface area contributed by atoms with Crippen LogP contribution in [0.2, 0.25) is 0 Å². The van der Waals surface area contributed by atoms with Gasteiger partial charge in [0.15, 0.2) is 0 Å². The molecule has 1 heteroatoms. The lowest BCUT2D eigenvalue weighted by atomic mass is 9.75. The Balaban J connectivity index is 2.75. The van der Waals surface area contributed by atoms with Gasteiger partial charge in [-0.1, -0.05) is 26.7 Å². The average molecular weight is 154 g/mol. The van der Waals surface area contributed by atoms with Crippen LogP contribution in [0.15, 0.2) is 0 Å². The zero-order valence-corrected chi connectivity index (χ0v) is 7.81. The van der Waals surface area contributed by atoms with Gasteiger partial charge in [0.2, 0.25) is 0 Å². The molecule has 0 aromatic heterocycles. The number of carbonyl (C=O) groups is 1. The number of hydrogen-bond acceptors (Lipinski definition) is 1. The largest absolute Gasteiger partial charge is 0.299 e. The Labute approximate surface area is 69.2 Å². The highest BCUT2D eigenvalue weighted by Gasteiger charge is 2.41. The summed E-state index contributed by atoms with van der Waals surface area (Å²) in [7, 11) is 0. The summed E-state index contributed by atoms with van der Waals surface area (Å²) >= 11 is 0. The molecule has 0 heterocycles. The summed E-state index contributed by atoms with van der Waals surface area (Å²) in [6.45, 7) is 6.07. The van der Waals surface area contributed by atoms with Crippen molar-refractivity contribution in [1.82, 2.24) is 0 Å². The van der Waals surface area contributed by atoms with Crippen molar-refractivity contribution in [3.63, 3.8) is 0 Å². The lowest BCUT2D eigenvalue weighted by Gasteiger charge is -2.27. The summed E-state index contributed by atoms with van der Waals surface area (Å²) in [6, 6.07) is 0. The number of ketones is 1. The molecule has 0 saturated heterocycles. The molecule has 1 aliphatic rings. The molecule has 0 bridgehead atoms. The molecule has 11 heavy (non-hydrogen) atoms. The molecule has 0 radical (unpaired) electrons. The fraction of sp³-hybridized carbons (Fsp3) is 0.900. The molecule has 0 N–H and O–H groups in total. The second-order valence-corrected chi connectivity index (χ2v) is 3.97. The highest BCUT2D eigenvalue weighted by Crippen LogP contribution is 2.45. The second-order valence-electron chi connectivity index (χ2n) is 3.97. The molecule has 1 aliphatic carbocycles. The molecule has 64 valence electrons. The van der Waals surface area contributed by atoms with E-state index in [0.29, 0.717) is 11.7 Å². The molecule has 0 unspecified atom stereocenters. The summed E-state index contributed by atoms with van der Waals surface area (Å²) in [5, 5.41) is 0. The molecule has 1 saturated carbocycles. The van der Waals surface area contributed by atoms with E-state index in [1.54, 1.807) is 6.92 Å². The van der Waals surface area contributed by atoms with Gasteiger partial charge in [-0.25, -0.2) is 0 Å². The van der Waals surface area contributed by atoms with Gasteiger partial charge in [-0.3, -0.25) is 4.79 Å². The topological polar surface area (TPSA) is 17.1 Å². The predicted molar refractivity (Wildman–Crippen MR) is 46.4 cm³/mol. The van der Waals surface area contributed by atoms with E-state index in [2.05, 4.69) is 13.8 Å². The molecule has 2 atom stereocenters. The first-order chi connectivity index (χ1) is 5.11. The van der Waals surface area contributed by atoms with Gasteiger partial charge in [0.1, 0.15) is 5.78 Å². The average Bonchev–Trinajstić information content (AvgIpc) is 2.32. The summed E-state index contributed by atoms with van der Waals surface area (Å²) in [6.07, 6.45) is 4.78. The first kappa shape index (κ1) is 8.76. The van der Waals surface area contributed by atoms with Gasteiger partial charge in [0, 0.05) is 5.41 Å². The maximum atomic E-state index is 11.3. The smallest absolute Gasteiger partial charge is 0.135 e. The van der Waals surface area contributed by atoms with Crippen molar-refractivity contribution >= 4 is 5.78 Å². The molecular formula is C10H18O. The van der Waals surface area contributed by atoms with E-state index in [4.69, 9.17) is 0 Å². The third-order valence-corrected chi connectivity index (χ3v) is 3.45. The van der Waals surface area contributed by atoms with Crippen molar-refractivity contribution in [2.75, 3.05) is 0 Å². The van der Waals surface area contributed by atoms with Crippen molar-refractivity contribution in [3.8, 4) is 0 Å². The normalized spacial score (nSPS) is 37.5. The lowest BCUT2D eigenvalue weighted by Crippen LogP contribution is -2.29. The standard InChI is InChI=1S/C10H18O/c1-4-9-6-5-7-10(9,3)8(2)11/h9H,4-7H2,1-3H3/t9-,10-/m1/s1. The molecule has 0 aliphatic heterocycles. The highest BCUT2D eigenvalue weighted by atomic mass is 16.1. The lowest BCUT2D eigenvalue weighted by molar-refractivity contribution is -0.127. The summed E-state index contributed by atoms with van der Waals surface area (Å²) in [5.41, 5.74) is 0.0226. The number of hydrogen-bond donors (Lipinski definition) is 0. The van der Waals surface area contributed by atoms with Crippen LogP contribution in [0.4, 0.5) is 0 Å². The fourth-order valence-corrected chi connectivity index (χ4v) is 2.36. The van der Waals surface area contributed by atoms with E-state index in [-0.39, 0.29) is 5.41 Å². The molecule has 1 nitrogen and oxygen atoms in total. The molecular weight excluding hydrogens is 136 g/mol. The molecule has 0 amide bonds. The zero-order valence-electron chi connectivity index (χ0n) is 7.81. The number of carbonyl (C=O) groups excluding carboxylic acids is 1. The number of Topliss-reactive ketones (excluding diaryl/α,β-unsaturated/α-hetero) is 1. The Morgan fingerprint density at radius 1 is 1.64 bits per heavy atom. The minimum atomic E-state index is 0.0226. The van der Waals surface area contributed by atoms with Crippen LogP contribution >= 0.6 is 0 Å². The van der Waals surface area contributed by atoms with Gasteiger partial charge in [0.25, 0.3) is 0 Å². The first-order valence-electron chi connectivity index (χ1n) is 4.62. The molecule has 1 fully saturated rings. The van der Waals surface area contributed by atoms with Crippen LogP contribution in [0.3, 0.4) is 0 Å². The van der Waals surface area contributed by atoms with Gasteiger partial charge in [-0.15, -0.1) is 0 Å². The second kappa shape index (κ2) is 2.96. The van der Waals surface area contributed by atoms with Crippen molar-refractivity contribution in [2.24, 2.45) is 11.3 Å². The summed E-state index contributed by atoms with van der Waals surface area (Å²) < 4.78 is 0. The maximum Gasteiger partial charge on any atom is 0.135 e. The summed E-state index contributed by atoms with van der Waals surface area (Å²) in [5.74, 6) is 1.04. The maximum absolute atomic E-state index is 11.3.